The first kappa shape index (κ1) is 12.0. The van der Waals surface area contributed by atoms with Crippen molar-refractivity contribution in [3.05, 3.63) is 0 Å². The Morgan fingerprint density at radius 3 is 2.14 bits per heavy atom. The van der Waals surface area contributed by atoms with Crippen LogP contribution in [0.15, 0.2) is 0 Å². The molecule has 14 heavy (non-hydrogen) atoms. The number of nitrogens with one attached hydrogen (secondary N) is 1. The van der Waals surface area contributed by atoms with Crippen LogP contribution in [0.4, 0.5) is 0 Å². The summed E-state index contributed by atoms with van der Waals surface area (Å²) in [6, 6.07) is 0.666. The minimum absolute atomic E-state index is 0.666. The van der Waals surface area contributed by atoms with Crippen LogP contribution in [-0.2, 0) is 4.74 Å². The molecular weight excluding hydrogens is 174 g/mol. The molecule has 1 aliphatic rings. The number of ether oxygens (including phenoxy) is 1. The molecule has 0 aromatic rings. The Bertz CT molecular complexity index is 152. The van der Waals surface area contributed by atoms with Gasteiger partial charge in [-0.15, -0.1) is 0 Å². The van der Waals surface area contributed by atoms with Crippen molar-refractivity contribution in [1.82, 2.24) is 5.32 Å². The minimum atomic E-state index is 0.666. The molecule has 84 valence electrons. The van der Waals surface area contributed by atoms with Crippen molar-refractivity contribution < 1.29 is 4.74 Å². The highest BCUT2D eigenvalue weighted by Gasteiger charge is 2.28. The molecule has 2 unspecified atom stereocenters. The Hall–Kier alpha value is -0.0800. The summed E-state index contributed by atoms with van der Waals surface area (Å²) < 4.78 is 5.41. The van der Waals surface area contributed by atoms with Gasteiger partial charge in [0, 0.05) is 19.3 Å². The molecule has 0 aliphatic carbocycles. The van der Waals surface area contributed by atoms with Gasteiger partial charge in [-0.2, -0.15) is 0 Å². The quantitative estimate of drug-likeness (QED) is 0.750. The lowest BCUT2D eigenvalue weighted by molar-refractivity contribution is 0.0431. The van der Waals surface area contributed by atoms with Crippen LogP contribution in [0.3, 0.4) is 0 Å². The van der Waals surface area contributed by atoms with Crippen LogP contribution in [-0.4, -0.2) is 26.3 Å². The molecule has 0 aromatic heterocycles. The molecule has 2 nitrogen and oxygen atoms in total. The second-order valence-corrected chi connectivity index (χ2v) is 4.87. The first-order valence-corrected chi connectivity index (χ1v) is 5.91. The third kappa shape index (κ3) is 2.96. The predicted octanol–water partition coefficient (Wildman–Crippen LogP) is 2.29. The lowest BCUT2D eigenvalue weighted by Crippen LogP contribution is -2.43. The van der Waals surface area contributed by atoms with Gasteiger partial charge in [0.15, 0.2) is 0 Å². The van der Waals surface area contributed by atoms with Crippen LogP contribution < -0.4 is 5.32 Å². The molecule has 1 aliphatic heterocycles. The summed E-state index contributed by atoms with van der Waals surface area (Å²) in [4.78, 5) is 0. The van der Waals surface area contributed by atoms with Gasteiger partial charge in [0.05, 0.1) is 0 Å². The van der Waals surface area contributed by atoms with Crippen molar-refractivity contribution in [2.24, 2.45) is 17.8 Å². The van der Waals surface area contributed by atoms with Gasteiger partial charge < -0.3 is 10.1 Å². The predicted molar refractivity (Wildman–Crippen MR) is 60.4 cm³/mol. The summed E-state index contributed by atoms with van der Waals surface area (Å²) in [5.41, 5.74) is 0. The number of hydrogen-bond acceptors (Lipinski definition) is 2. The Morgan fingerprint density at radius 2 is 1.71 bits per heavy atom. The smallest absolute Gasteiger partial charge is 0.0469 e. The van der Waals surface area contributed by atoms with E-state index in [9.17, 15) is 0 Å². The maximum atomic E-state index is 5.41. The van der Waals surface area contributed by atoms with Crippen LogP contribution in [0.25, 0.3) is 0 Å². The second kappa shape index (κ2) is 5.72. The summed E-state index contributed by atoms with van der Waals surface area (Å²) in [7, 11) is 2.10. The Labute approximate surface area is 88.4 Å². The molecule has 1 N–H and O–H groups in total. The Morgan fingerprint density at radius 1 is 1.14 bits per heavy atom. The zero-order valence-corrected chi connectivity index (χ0v) is 10.0. The molecule has 2 atom stereocenters. The minimum Gasteiger partial charge on any atom is -0.381 e. The van der Waals surface area contributed by atoms with Crippen molar-refractivity contribution in [3.8, 4) is 0 Å². The van der Waals surface area contributed by atoms with Gasteiger partial charge in [0.2, 0.25) is 0 Å². The molecule has 2 heteroatoms. The maximum Gasteiger partial charge on any atom is 0.0469 e. The van der Waals surface area contributed by atoms with Crippen LogP contribution in [0.2, 0.25) is 0 Å². The molecule has 0 spiro atoms. The highest BCUT2D eigenvalue weighted by atomic mass is 16.5. The van der Waals surface area contributed by atoms with Crippen molar-refractivity contribution in [2.75, 3.05) is 20.3 Å². The van der Waals surface area contributed by atoms with E-state index in [0.717, 1.165) is 31.0 Å². The van der Waals surface area contributed by atoms with Gasteiger partial charge in [-0.1, -0.05) is 20.8 Å². The third-order valence-corrected chi connectivity index (χ3v) is 3.73. The lowest BCUT2D eigenvalue weighted by atomic mass is 9.79. The molecular formula is C12H25NO. The van der Waals surface area contributed by atoms with Crippen LogP contribution in [0.1, 0.15) is 33.6 Å². The zero-order valence-electron chi connectivity index (χ0n) is 10.0. The average molecular weight is 199 g/mol. The SMILES string of the molecule is CNC(C1CCOCC1)C(C)C(C)C. The summed E-state index contributed by atoms with van der Waals surface area (Å²) in [5.74, 6) is 2.32. The van der Waals surface area contributed by atoms with E-state index in [4.69, 9.17) is 4.74 Å². The highest BCUT2D eigenvalue weighted by Crippen LogP contribution is 2.27. The van der Waals surface area contributed by atoms with Gasteiger partial charge >= 0.3 is 0 Å². The summed E-state index contributed by atoms with van der Waals surface area (Å²) in [6.07, 6.45) is 2.45. The maximum absolute atomic E-state index is 5.41. The molecule has 0 radical (unpaired) electrons. The largest absolute Gasteiger partial charge is 0.381 e. The first-order valence-electron chi connectivity index (χ1n) is 5.91. The van der Waals surface area contributed by atoms with Gasteiger partial charge in [-0.25, -0.2) is 0 Å². The fourth-order valence-electron chi connectivity index (χ4n) is 2.42. The summed E-state index contributed by atoms with van der Waals surface area (Å²) in [5, 5.41) is 3.50. The third-order valence-electron chi connectivity index (χ3n) is 3.73. The Kier molecular flexibility index (Phi) is 4.90. The number of hydrogen-bond donors (Lipinski definition) is 1. The molecule has 0 aromatic carbocycles. The molecule has 0 bridgehead atoms. The normalized spacial score (nSPS) is 23.8. The van der Waals surface area contributed by atoms with Gasteiger partial charge in [-0.05, 0) is 37.6 Å². The molecule has 0 amide bonds. The van der Waals surface area contributed by atoms with Gasteiger partial charge in [0.1, 0.15) is 0 Å². The van der Waals surface area contributed by atoms with E-state index in [1.165, 1.54) is 12.8 Å². The highest BCUT2D eigenvalue weighted by molar-refractivity contribution is 4.82. The van der Waals surface area contributed by atoms with Crippen molar-refractivity contribution >= 4 is 0 Å². The average Bonchev–Trinajstić information content (AvgIpc) is 2.20. The van der Waals surface area contributed by atoms with E-state index < -0.39 is 0 Å². The van der Waals surface area contributed by atoms with Crippen LogP contribution in [0.5, 0.6) is 0 Å². The molecule has 1 heterocycles. The Balaban J connectivity index is 2.50. The van der Waals surface area contributed by atoms with Crippen molar-refractivity contribution in [2.45, 2.75) is 39.7 Å². The van der Waals surface area contributed by atoms with Crippen molar-refractivity contribution in [1.29, 1.82) is 0 Å². The van der Waals surface area contributed by atoms with Gasteiger partial charge in [0.25, 0.3) is 0 Å². The standard InChI is InChI=1S/C12H25NO/c1-9(2)10(3)12(13-4)11-5-7-14-8-6-11/h9-13H,5-8H2,1-4H3. The van der Waals surface area contributed by atoms with Crippen LogP contribution >= 0.6 is 0 Å². The van der Waals surface area contributed by atoms with E-state index in [2.05, 4.69) is 33.1 Å². The molecule has 1 fully saturated rings. The summed E-state index contributed by atoms with van der Waals surface area (Å²) in [6.45, 7) is 8.89. The van der Waals surface area contributed by atoms with E-state index in [1.807, 2.05) is 0 Å². The first-order chi connectivity index (χ1) is 6.66. The van der Waals surface area contributed by atoms with Gasteiger partial charge in [-0.3, -0.25) is 0 Å². The molecule has 1 saturated heterocycles. The zero-order chi connectivity index (χ0) is 10.6. The fraction of sp³-hybridized carbons (Fsp3) is 1.00. The van der Waals surface area contributed by atoms with Crippen molar-refractivity contribution in [3.63, 3.8) is 0 Å². The lowest BCUT2D eigenvalue weighted by Gasteiger charge is -2.35. The number of rotatable bonds is 4. The molecule has 0 saturated carbocycles. The van der Waals surface area contributed by atoms with E-state index in [0.29, 0.717) is 6.04 Å². The fourth-order valence-corrected chi connectivity index (χ4v) is 2.42. The van der Waals surface area contributed by atoms with E-state index in [-0.39, 0.29) is 0 Å². The van der Waals surface area contributed by atoms with E-state index in [1.54, 1.807) is 0 Å². The monoisotopic (exact) mass is 199 g/mol. The summed E-state index contributed by atoms with van der Waals surface area (Å²) >= 11 is 0. The van der Waals surface area contributed by atoms with E-state index >= 15 is 0 Å². The second-order valence-electron chi connectivity index (χ2n) is 4.87. The molecule has 1 rings (SSSR count). The van der Waals surface area contributed by atoms with Crippen LogP contribution in [0, 0.1) is 17.8 Å². The topological polar surface area (TPSA) is 21.3 Å².